The molecule has 0 aliphatic carbocycles. The number of fused-ring (bicyclic) bond motifs is 1. The molecular formula is C32H32F2N4O6. The molecule has 1 unspecified atom stereocenters. The van der Waals surface area contributed by atoms with Crippen LogP contribution in [0.5, 0.6) is 5.75 Å². The van der Waals surface area contributed by atoms with Crippen LogP contribution < -0.4 is 20.5 Å². The van der Waals surface area contributed by atoms with Crippen LogP contribution >= 0.6 is 0 Å². The van der Waals surface area contributed by atoms with Gasteiger partial charge in [-0.25, -0.2) is 8.78 Å². The molecule has 10 nitrogen and oxygen atoms in total. The first kappa shape index (κ1) is 31.7. The average Bonchev–Trinajstić information content (AvgIpc) is 3.00. The Morgan fingerprint density at radius 1 is 1.09 bits per heavy atom. The molecule has 0 spiro atoms. The maximum absolute atomic E-state index is 14.2. The fourth-order valence-electron chi connectivity index (χ4n) is 4.55. The Kier molecular flexibility index (Phi) is 9.94. The van der Waals surface area contributed by atoms with Crippen molar-refractivity contribution in [2.24, 2.45) is 0 Å². The fraction of sp³-hybridized carbons (Fsp3) is 0.250. The van der Waals surface area contributed by atoms with Gasteiger partial charge in [0.05, 0.1) is 6.04 Å². The van der Waals surface area contributed by atoms with Crippen molar-refractivity contribution >= 4 is 17.8 Å². The minimum Gasteiger partial charge on any atom is -0.482 e. The Labute approximate surface area is 252 Å². The van der Waals surface area contributed by atoms with Crippen molar-refractivity contribution in [3.05, 3.63) is 124 Å². The third-order valence-electron chi connectivity index (χ3n) is 7.05. The van der Waals surface area contributed by atoms with Gasteiger partial charge in [0.1, 0.15) is 37.1 Å². The van der Waals surface area contributed by atoms with Crippen molar-refractivity contribution in [3.63, 3.8) is 0 Å². The molecule has 4 rings (SSSR count). The van der Waals surface area contributed by atoms with Crippen LogP contribution in [0.3, 0.4) is 0 Å². The van der Waals surface area contributed by atoms with E-state index in [1.165, 1.54) is 34.8 Å². The summed E-state index contributed by atoms with van der Waals surface area (Å²) < 4.78 is 40.1. The van der Waals surface area contributed by atoms with Crippen molar-refractivity contribution in [3.8, 4) is 5.75 Å². The highest BCUT2D eigenvalue weighted by molar-refractivity contribution is 5.99. The minimum atomic E-state index is -0.886. The van der Waals surface area contributed by atoms with E-state index in [0.29, 0.717) is 11.6 Å². The highest BCUT2D eigenvalue weighted by atomic mass is 19.1. The van der Waals surface area contributed by atoms with Gasteiger partial charge in [0, 0.05) is 37.3 Å². The van der Waals surface area contributed by atoms with Gasteiger partial charge in [-0.1, -0.05) is 48.6 Å². The molecule has 3 aromatic rings. The number of carbonyl (C=O) groups excluding carboxylic acids is 3. The van der Waals surface area contributed by atoms with Gasteiger partial charge in [-0.05, 0) is 18.6 Å². The highest BCUT2D eigenvalue weighted by Crippen LogP contribution is 2.26. The zero-order valence-corrected chi connectivity index (χ0v) is 24.3. The first-order valence-electron chi connectivity index (χ1n) is 13.7. The predicted octanol–water partition coefficient (Wildman–Crippen LogP) is 3.68. The van der Waals surface area contributed by atoms with Crippen LogP contribution in [0.25, 0.3) is 0 Å². The van der Waals surface area contributed by atoms with Crippen molar-refractivity contribution < 1.29 is 32.6 Å². The smallest absolute Gasteiger partial charge is 0.302 e. The first-order chi connectivity index (χ1) is 21.0. The number of benzene rings is 2. The van der Waals surface area contributed by atoms with Crippen molar-refractivity contribution in [2.45, 2.75) is 39.1 Å². The van der Waals surface area contributed by atoms with Gasteiger partial charge in [-0.15, -0.1) is 13.2 Å². The molecule has 0 saturated carbocycles. The van der Waals surface area contributed by atoms with Gasteiger partial charge in [-0.3, -0.25) is 28.9 Å². The van der Waals surface area contributed by atoms with Crippen LogP contribution in [0.4, 0.5) is 8.78 Å². The van der Waals surface area contributed by atoms with Gasteiger partial charge >= 0.3 is 5.97 Å². The minimum absolute atomic E-state index is 0.00248. The van der Waals surface area contributed by atoms with E-state index in [1.807, 2.05) is 6.07 Å². The number of esters is 1. The Morgan fingerprint density at radius 2 is 1.82 bits per heavy atom. The Hall–Kier alpha value is -5.26. The number of nitrogens with zero attached hydrogens (tertiary/aromatic N) is 3. The van der Waals surface area contributed by atoms with Gasteiger partial charge in [0.15, 0.2) is 11.4 Å². The molecule has 2 heterocycles. The number of carbonyl (C=O) groups is 3. The molecular weight excluding hydrogens is 574 g/mol. The number of pyridine rings is 1. The third kappa shape index (κ3) is 6.86. The largest absolute Gasteiger partial charge is 0.482 e. The van der Waals surface area contributed by atoms with Gasteiger partial charge in [0.2, 0.25) is 5.43 Å². The van der Waals surface area contributed by atoms with Gasteiger partial charge in [-0.2, -0.15) is 0 Å². The summed E-state index contributed by atoms with van der Waals surface area (Å²) in [5.74, 6) is -4.03. The first-order valence-corrected chi connectivity index (χ1v) is 13.7. The maximum atomic E-state index is 14.2. The number of hydrogen-bond donors (Lipinski definition) is 1. The number of nitrogens with one attached hydrogen (secondary N) is 1. The summed E-state index contributed by atoms with van der Waals surface area (Å²) in [5.41, 5.74) is -0.750. The summed E-state index contributed by atoms with van der Waals surface area (Å²) in [5, 5.41) is 4.08. The lowest BCUT2D eigenvalue weighted by molar-refractivity contribution is -0.141. The summed E-state index contributed by atoms with van der Waals surface area (Å²) in [6.45, 7) is 9.96. The fourth-order valence-corrected chi connectivity index (χ4v) is 4.55. The topological polar surface area (TPSA) is 110 Å². The summed E-state index contributed by atoms with van der Waals surface area (Å²) in [7, 11) is 0. The van der Waals surface area contributed by atoms with Crippen LogP contribution in [0.15, 0.2) is 84.8 Å². The standard InChI is InChI=1S/C32H32F2N4O6/c1-5-20(3)36-19-38(25(6-2)18-43-21(4)39)37-16-26(31(41)35-15-23-12-13-24(33)14-27(23)34)29(40)30(28(37)32(36)42)44-17-22-10-8-7-9-11-22/h5-14,16,20,25H,1-2,15,17-19H2,3-4H3,(H,35,41)/t20-,25?/m0/s1. The molecule has 12 heteroatoms. The van der Waals surface area contributed by atoms with E-state index in [0.717, 1.165) is 6.07 Å². The quantitative estimate of drug-likeness (QED) is 0.248. The second kappa shape index (κ2) is 13.8. The van der Waals surface area contributed by atoms with Crippen molar-refractivity contribution in [1.82, 2.24) is 14.9 Å². The summed E-state index contributed by atoms with van der Waals surface area (Å²) in [6, 6.07) is 10.6. The molecule has 44 heavy (non-hydrogen) atoms. The zero-order chi connectivity index (χ0) is 32.0. The van der Waals surface area contributed by atoms with E-state index >= 15 is 0 Å². The summed E-state index contributed by atoms with van der Waals surface area (Å²) in [6.07, 6.45) is 4.24. The Bertz CT molecular complexity index is 1640. The molecule has 0 radical (unpaired) electrons. The van der Waals surface area contributed by atoms with E-state index in [2.05, 4.69) is 18.5 Å². The number of ether oxygens (including phenoxy) is 2. The lowest BCUT2D eigenvalue weighted by atomic mass is 10.1. The van der Waals surface area contributed by atoms with Crippen LogP contribution in [0, 0.1) is 11.6 Å². The second-order valence-electron chi connectivity index (χ2n) is 10.0. The number of amides is 2. The van der Waals surface area contributed by atoms with E-state index in [9.17, 15) is 28.0 Å². The lowest BCUT2D eigenvalue weighted by Gasteiger charge is -2.44. The molecule has 1 aliphatic rings. The predicted molar refractivity (Wildman–Crippen MR) is 159 cm³/mol. The molecule has 2 atom stereocenters. The van der Waals surface area contributed by atoms with Crippen molar-refractivity contribution in [2.75, 3.05) is 18.3 Å². The molecule has 0 bridgehead atoms. The second-order valence-corrected chi connectivity index (χ2v) is 10.0. The number of halogens is 2. The third-order valence-corrected chi connectivity index (χ3v) is 7.05. The number of hydrogen-bond acceptors (Lipinski definition) is 7. The molecule has 1 aliphatic heterocycles. The van der Waals surface area contributed by atoms with Gasteiger partial charge in [0.25, 0.3) is 11.8 Å². The number of aromatic nitrogens is 1. The molecule has 0 saturated heterocycles. The molecule has 230 valence electrons. The average molecular weight is 607 g/mol. The molecule has 1 aromatic heterocycles. The SMILES string of the molecule is C=CC(COC(C)=O)N1CN([C@@H](C)C=C)C(=O)c2c(OCc3ccccc3)c(=O)c(C(=O)NCc3ccc(F)cc3F)cn21. The van der Waals surface area contributed by atoms with E-state index in [1.54, 1.807) is 42.3 Å². The summed E-state index contributed by atoms with van der Waals surface area (Å²) >= 11 is 0. The molecule has 2 amide bonds. The van der Waals surface area contributed by atoms with Crippen LogP contribution in [0.1, 0.15) is 45.8 Å². The van der Waals surface area contributed by atoms with Gasteiger partial charge < -0.3 is 19.7 Å². The Morgan fingerprint density at radius 3 is 2.45 bits per heavy atom. The molecule has 0 fully saturated rings. The van der Waals surface area contributed by atoms with Crippen LogP contribution in [-0.4, -0.2) is 52.7 Å². The lowest BCUT2D eigenvalue weighted by Crippen LogP contribution is -2.60. The van der Waals surface area contributed by atoms with Crippen molar-refractivity contribution in [1.29, 1.82) is 0 Å². The zero-order valence-electron chi connectivity index (χ0n) is 24.3. The Balaban J connectivity index is 1.84. The molecule has 2 aromatic carbocycles. The monoisotopic (exact) mass is 606 g/mol. The normalized spacial score (nSPS) is 13.9. The van der Waals surface area contributed by atoms with Crippen LogP contribution in [0.2, 0.25) is 0 Å². The maximum Gasteiger partial charge on any atom is 0.302 e. The van der Waals surface area contributed by atoms with E-state index in [4.69, 9.17) is 9.47 Å². The number of rotatable bonds is 12. The molecule has 1 N–H and O–H groups in total. The van der Waals surface area contributed by atoms with E-state index < -0.39 is 52.5 Å². The summed E-state index contributed by atoms with van der Waals surface area (Å²) in [4.78, 5) is 54.2. The van der Waals surface area contributed by atoms with Crippen LogP contribution in [-0.2, 0) is 22.7 Å². The highest BCUT2D eigenvalue weighted by Gasteiger charge is 2.38. The van der Waals surface area contributed by atoms with E-state index in [-0.39, 0.29) is 43.4 Å².